The summed E-state index contributed by atoms with van der Waals surface area (Å²) in [7, 11) is 0. The minimum atomic E-state index is -0.961. The van der Waals surface area contributed by atoms with Gasteiger partial charge in [0.1, 0.15) is 15.9 Å². The molecule has 0 amide bonds. The van der Waals surface area contributed by atoms with E-state index in [9.17, 15) is 4.79 Å². The molecular weight excluding hydrogens is 248 g/mol. The van der Waals surface area contributed by atoms with Gasteiger partial charge in [-0.3, -0.25) is 0 Å². The number of hydrogen-bond acceptors (Lipinski definition) is 2. The Morgan fingerprint density at radius 1 is 1.57 bits per heavy atom. The monoisotopic (exact) mass is 254 g/mol. The van der Waals surface area contributed by atoms with Crippen LogP contribution in [-0.4, -0.2) is 21.0 Å². The summed E-state index contributed by atoms with van der Waals surface area (Å²) in [4.78, 5) is 17.7. The predicted molar refractivity (Wildman–Crippen MR) is 55.5 cm³/mol. The molecule has 0 aliphatic rings. The van der Waals surface area contributed by atoms with E-state index in [-0.39, 0.29) is 5.69 Å². The molecule has 2 rings (SSSR count). The molecule has 0 bridgehead atoms. The van der Waals surface area contributed by atoms with Gasteiger partial charge < -0.3 is 10.1 Å². The van der Waals surface area contributed by atoms with Crippen molar-refractivity contribution in [3.8, 4) is 0 Å². The number of aromatic nitrogens is 2. The van der Waals surface area contributed by atoms with E-state index in [1.165, 1.54) is 0 Å². The normalized spacial score (nSPS) is 10.7. The number of nitrogens with one attached hydrogen (secondary N) is 1. The molecule has 5 heteroatoms. The van der Waals surface area contributed by atoms with Crippen molar-refractivity contribution < 1.29 is 9.90 Å². The number of aromatic amines is 1. The first-order valence-electron chi connectivity index (χ1n) is 3.97. The fourth-order valence-corrected chi connectivity index (χ4v) is 1.70. The Morgan fingerprint density at radius 2 is 2.29 bits per heavy atom. The lowest BCUT2D eigenvalue weighted by molar-refractivity contribution is 0.0690. The lowest BCUT2D eigenvalue weighted by Gasteiger charge is -1.91. The van der Waals surface area contributed by atoms with E-state index in [1.54, 1.807) is 13.0 Å². The maximum absolute atomic E-state index is 10.8. The van der Waals surface area contributed by atoms with Crippen LogP contribution in [0.5, 0.6) is 0 Å². The van der Waals surface area contributed by atoms with Gasteiger partial charge in [0.2, 0.25) is 0 Å². The Labute approximate surface area is 88.1 Å². The SMILES string of the molecule is Cc1c(C(=O)O)[nH]c2nc(Br)ccc12. The van der Waals surface area contributed by atoms with Crippen LogP contribution in [0.2, 0.25) is 0 Å². The Balaban J connectivity index is 2.79. The lowest BCUT2D eigenvalue weighted by Crippen LogP contribution is -1.98. The third-order valence-corrected chi connectivity index (χ3v) is 2.54. The fraction of sp³-hybridized carbons (Fsp3) is 0.111. The predicted octanol–water partition coefficient (Wildman–Crippen LogP) is 2.33. The highest BCUT2D eigenvalue weighted by molar-refractivity contribution is 9.10. The van der Waals surface area contributed by atoms with Crippen LogP contribution in [-0.2, 0) is 0 Å². The number of carbonyl (C=O) groups is 1. The maximum atomic E-state index is 10.8. The molecule has 0 unspecified atom stereocenters. The average molecular weight is 255 g/mol. The van der Waals surface area contributed by atoms with Crippen LogP contribution in [0, 0.1) is 6.92 Å². The van der Waals surface area contributed by atoms with Crippen molar-refractivity contribution in [2.45, 2.75) is 6.92 Å². The number of fused-ring (bicyclic) bond motifs is 1. The molecule has 2 heterocycles. The summed E-state index contributed by atoms with van der Waals surface area (Å²) >= 11 is 3.22. The number of carboxylic acids is 1. The zero-order valence-corrected chi connectivity index (χ0v) is 8.92. The van der Waals surface area contributed by atoms with Gasteiger partial charge in [-0.05, 0) is 40.5 Å². The fourth-order valence-electron chi connectivity index (χ4n) is 1.39. The Morgan fingerprint density at radius 3 is 2.93 bits per heavy atom. The third kappa shape index (κ3) is 1.29. The summed E-state index contributed by atoms with van der Waals surface area (Å²) < 4.78 is 0.684. The largest absolute Gasteiger partial charge is 0.477 e. The molecular formula is C9H7BrN2O2. The Kier molecular flexibility index (Phi) is 2.03. The molecule has 14 heavy (non-hydrogen) atoms. The van der Waals surface area contributed by atoms with Gasteiger partial charge in [0.15, 0.2) is 0 Å². The zero-order valence-electron chi connectivity index (χ0n) is 7.34. The van der Waals surface area contributed by atoms with E-state index in [2.05, 4.69) is 25.9 Å². The molecule has 2 aromatic rings. The zero-order chi connectivity index (χ0) is 10.3. The summed E-state index contributed by atoms with van der Waals surface area (Å²) in [5, 5.41) is 9.70. The molecule has 0 fully saturated rings. The number of halogens is 1. The number of aryl methyl sites for hydroxylation is 1. The number of hydrogen-bond donors (Lipinski definition) is 2. The first kappa shape index (κ1) is 9.21. The number of rotatable bonds is 1. The smallest absolute Gasteiger partial charge is 0.352 e. The Hall–Kier alpha value is -1.36. The second kappa shape index (κ2) is 3.09. The van der Waals surface area contributed by atoms with Crippen LogP contribution in [0.25, 0.3) is 11.0 Å². The van der Waals surface area contributed by atoms with Crippen molar-refractivity contribution in [1.29, 1.82) is 0 Å². The van der Waals surface area contributed by atoms with E-state index in [0.29, 0.717) is 15.8 Å². The highest BCUT2D eigenvalue weighted by Crippen LogP contribution is 2.21. The van der Waals surface area contributed by atoms with Gasteiger partial charge >= 0.3 is 5.97 Å². The third-order valence-electron chi connectivity index (χ3n) is 2.10. The van der Waals surface area contributed by atoms with Crippen LogP contribution >= 0.6 is 15.9 Å². The minimum absolute atomic E-state index is 0.200. The minimum Gasteiger partial charge on any atom is -0.477 e. The number of nitrogens with zero attached hydrogens (tertiary/aromatic N) is 1. The van der Waals surface area contributed by atoms with Crippen LogP contribution < -0.4 is 0 Å². The summed E-state index contributed by atoms with van der Waals surface area (Å²) in [6, 6.07) is 3.62. The molecule has 0 aromatic carbocycles. The quantitative estimate of drug-likeness (QED) is 0.768. The van der Waals surface area contributed by atoms with Gasteiger partial charge in [0.25, 0.3) is 0 Å². The molecule has 0 atom stereocenters. The van der Waals surface area contributed by atoms with Crippen LogP contribution in [0.4, 0.5) is 0 Å². The van der Waals surface area contributed by atoms with Gasteiger partial charge in [-0.2, -0.15) is 0 Å². The lowest BCUT2D eigenvalue weighted by atomic mass is 10.2. The van der Waals surface area contributed by atoms with Crippen molar-refractivity contribution in [1.82, 2.24) is 9.97 Å². The van der Waals surface area contributed by atoms with Crippen LogP contribution in [0.1, 0.15) is 16.1 Å². The topological polar surface area (TPSA) is 66.0 Å². The number of carboxylic acid groups (broad SMARTS) is 1. The van der Waals surface area contributed by atoms with Crippen molar-refractivity contribution in [2.24, 2.45) is 0 Å². The van der Waals surface area contributed by atoms with Crippen LogP contribution in [0.15, 0.2) is 16.7 Å². The summed E-state index contributed by atoms with van der Waals surface area (Å²) in [6.45, 7) is 1.76. The number of pyridine rings is 1. The molecule has 72 valence electrons. The summed E-state index contributed by atoms with van der Waals surface area (Å²) in [5.74, 6) is -0.961. The standard InChI is InChI=1S/C9H7BrN2O2/c1-4-5-2-3-6(10)11-8(5)12-7(4)9(13)14/h2-3H,1H3,(H,11,12)(H,13,14). The molecule has 2 N–H and O–H groups in total. The molecule has 0 saturated heterocycles. The van der Waals surface area contributed by atoms with Gasteiger partial charge in [0, 0.05) is 5.39 Å². The molecule has 4 nitrogen and oxygen atoms in total. The summed E-state index contributed by atoms with van der Waals surface area (Å²) in [5.41, 5.74) is 1.51. The highest BCUT2D eigenvalue weighted by atomic mass is 79.9. The van der Waals surface area contributed by atoms with E-state index >= 15 is 0 Å². The van der Waals surface area contributed by atoms with Gasteiger partial charge in [0.05, 0.1) is 0 Å². The first-order valence-corrected chi connectivity index (χ1v) is 4.77. The molecule has 2 aromatic heterocycles. The van der Waals surface area contributed by atoms with Crippen molar-refractivity contribution >= 4 is 32.9 Å². The van der Waals surface area contributed by atoms with E-state index < -0.39 is 5.97 Å². The van der Waals surface area contributed by atoms with Crippen molar-refractivity contribution in [3.05, 3.63) is 28.0 Å². The van der Waals surface area contributed by atoms with Gasteiger partial charge in [-0.25, -0.2) is 9.78 Å². The van der Waals surface area contributed by atoms with E-state index in [0.717, 1.165) is 5.39 Å². The Bertz CT molecular complexity index is 519. The van der Waals surface area contributed by atoms with Crippen LogP contribution in [0.3, 0.4) is 0 Å². The molecule has 0 spiro atoms. The van der Waals surface area contributed by atoms with E-state index in [4.69, 9.17) is 5.11 Å². The van der Waals surface area contributed by atoms with Crippen molar-refractivity contribution in [3.63, 3.8) is 0 Å². The van der Waals surface area contributed by atoms with Crippen molar-refractivity contribution in [2.75, 3.05) is 0 Å². The number of H-pyrrole nitrogens is 1. The molecule has 0 radical (unpaired) electrons. The molecule has 0 aliphatic carbocycles. The summed E-state index contributed by atoms with van der Waals surface area (Å²) in [6.07, 6.45) is 0. The second-order valence-electron chi connectivity index (χ2n) is 2.96. The molecule has 0 saturated carbocycles. The van der Waals surface area contributed by atoms with Gasteiger partial charge in [-0.15, -0.1) is 0 Å². The maximum Gasteiger partial charge on any atom is 0.352 e. The number of aromatic carboxylic acids is 1. The second-order valence-corrected chi connectivity index (χ2v) is 3.77. The average Bonchev–Trinajstić information content (AvgIpc) is 2.43. The highest BCUT2D eigenvalue weighted by Gasteiger charge is 2.13. The van der Waals surface area contributed by atoms with E-state index in [1.807, 2.05) is 6.07 Å². The molecule has 0 aliphatic heterocycles. The first-order chi connectivity index (χ1) is 6.59. The van der Waals surface area contributed by atoms with Gasteiger partial charge in [-0.1, -0.05) is 0 Å².